The van der Waals surface area contributed by atoms with Gasteiger partial charge in [0.1, 0.15) is 11.8 Å². The maximum absolute atomic E-state index is 5.71. The predicted molar refractivity (Wildman–Crippen MR) is 106 cm³/mol. The van der Waals surface area contributed by atoms with Gasteiger partial charge in [-0.1, -0.05) is 18.2 Å². The quantitative estimate of drug-likeness (QED) is 0.688. The zero-order valence-corrected chi connectivity index (χ0v) is 15.5. The van der Waals surface area contributed by atoms with Gasteiger partial charge in [-0.05, 0) is 55.5 Å². The lowest BCUT2D eigenvalue weighted by atomic mass is 10.0. The van der Waals surface area contributed by atoms with Crippen molar-refractivity contribution in [1.29, 1.82) is 0 Å². The molecule has 0 aliphatic carbocycles. The van der Waals surface area contributed by atoms with Gasteiger partial charge in [-0.3, -0.25) is 4.98 Å². The highest BCUT2D eigenvalue weighted by Crippen LogP contribution is 2.43. The summed E-state index contributed by atoms with van der Waals surface area (Å²) in [6, 6.07) is 17.9. The van der Waals surface area contributed by atoms with Crippen LogP contribution in [0.5, 0.6) is 5.75 Å². The van der Waals surface area contributed by atoms with Crippen LogP contribution in [0.1, 0.15) is 29.2 Å². The molecule has 5 nitrogen and oxygen atoms in total. The van der Waals surface area contributed by atoms with Gasteiger partial charge >= 0.3 is 0 Å². The maximum atomic E-state index is 5.71. The number of benzene rings is 1. The Labute approximate surface area is 158 Å². The monoisotopic (exact) mass is 364 g/mol. The molecule has 1 aliphatic heterocycles. The number of aromatic amines is 1. The predicted octanol–water partition coefficient (Wildman–Crippen LogP) is 3.90. The van der Waals surface area contributed by atoms with Crippen LogP contribution in [0.4, 0.5) is 5.69 Å². The number of hydrogen-bond donors (Lipinski definition) is 2. The van der Waals surface area contributed by atoms with E-state index in [0.29, 0.717) is 5.11 Å². The highest BCUT2D eigenvalue weighted by Gasteiger charge is 2.42. The average Bonchev–Trinajstić information content (AvgIpc) is 3.25. The van der Waals surface area contributed by atoms with E-state index in [1.165, 1.54) is 0 Å². The molecule has 0 unspecified atom stereocenters. The number of thiocarbonyl (C=S) groups is 1. The molecule has 2 N–H and O–H groups in total. The molecule has 0 amide bonds. The number of nitrogens with zero attached hydrogens (tertiary/aromatic N) is 2. The average molecular weight is 364 g/mol. The van der Waals surface area contributed by atoms with Crippen molar-refractivity contribution < 1.29 is 4.74 Å². The van der Waals surface area contributed by atoms with E-state index in [2.05, 4.69) is 32.3 Å². The third-order valence-corrected chi connectivity index (χ3v) is 4.93. The van der Waals surface area contributed by atoms with E-state index in [4.69, 9.17) is 17.0 Å². The molecule has 26 heavy (non-hydrogen) atoms. The first-order valence-corrected chi connectivity index (χ1v) is 8.89. The Kier molecular flexibility index (Phi) is 4.34. The second-order valence-corrected chi connectivity index (χ2v) is 6.65. The Morgan fingerprint density at radius 3 is 2.58 bits per heavy atom. The van der Waals surface area contributed by atoms with E-state index in [1.807, 2.05) is 55.6 Å². The van der Waals surface area contributed by atoms with Crippen molar-refractivity contribution in [3.05, 3.63) is 77.9 Å². The fraction of sp³-hybridized carbons (Fsp3) is 0.200. The lowest BCUT2D eigenvalue weighted by Crippen LogP contribution is -2.29. The fourth-order valence-corrected chi connectivity index (χ4v) is 3.80. The zero-order chi connectivity index (χ0) is 18.1. The van der Waals surface area contributed by atoms with Crippen LogP contribution in [0.2, 0.25) is 0 Å². The Morgan fingerprint density at radius 1 is 1.08 bits per heavy atom. The summed E-state index contributed by atoms with van der Waals surface area (Å²) in [5, 5.41) is 4.10. The smallest absolute Gasteiger partial charge is 0.174 e. The molecule has 0 spiro atoms. The Bertz CT molecular complexity index is 924. The van der Waals surface area contributed by atoms with Gasteiger partial charge in [-0.25, -0.2) is 0 Å². The Balaban J connectivity index is 1.85. The van der Waals surface area contributed by atoms with Gasteiger partial charge in [0.25, 0.3) is 0 Å². The van der Waals surface area contributed by atoms with Crippen molar-refractivity contribution in [3.63, 3.8) is 0 Å². The van der Waals surface area contributed by atoms with Crippen LogP contribution in [0.25, 0.3) is 0 Å². The number of aromatic nitrogens is 2. The van der Waals surface area contributed by atoms with Crippen molar-refractivity contribution >= 4 is 23.0 Å². The number of aryl methyl sites for hydroxylation is 1. The molecule has 1 fully saturated rings. The second kappa shape index (κ2) is 6.80. The molecular formula is C20H20N4OS. The number of methoxy groups -OCH3 is 1. The highest BCUT2D eigenvalue weighted by atomic mass is 32.1. The minimum atomic E-state index is -0.0633. The van der Waals surface area contributed by atoms with Crippen LogP contribution in [0.3, 0.4) is 0 Å². The molecule has 4 rings (SSSR count). The first kappa shape index (κ1) is 16.6. The fourth-order valence-electron chi connectivity index (χ4n) is 3.46. The second-order valence-electron chi connectivity index (χ2n) is 6.27. The van der Waals surface area contributed by atoms with Crippen LogP contribution in [0, 0.1) is 6.92 Å². The largest absolute Gasteiger partial charge is 0.495 e. The number of nitrogens with one attached hydrogen (secondary N) is 2. The summed E-state index contributed by atoms with van der Waals surface area (Å²) in [5.74, 6) is 0.784. The van der Waals surface area contributed by atoms with Crippen molar-refractivity contribution in [1.82, 2.24) is 15.3 Å². The van der Waals surface area contributed by atoms with E-state index >= 15 is 0 Å². The van der Waals surface area contributed by atoms with Gasteiger partial charge in [0.05, 0.1) is 24.5 Å². The van der Waals surface area contributed by atoms with Crippen LogP contribution >= 0.6 is 12.2 Å². The third kappa shape index (κ3) is 2.82. The van der Waals surface area contributed by atoms with Crippen molar-refractivity contribution in [3.8, 4) is 5.75 Å². The standard InChI is InChI=1S/C20H20N4OS/c1-13-10-11-15(22-13)19-18(14-7-5-6-12-21-14)23-20(26)24(19)16-8-3-4-9-17(16)25-2/h3-12,18-19,22H,1-2H3,(H,23,26)/t18-,19-/m0/s1. The summed E-state index contributed by atoms with van der Waals surface area (Å²) in [5.41, 5.74) is 4.07. The number of para-hydroxylation sites is 2. The van der Waals surface area contributed by atoms with Gasteiger partial charge in [-0.15, -0.1) is 0 Å². The van der Waals surface area contributed by atoms with Crippen LogP contribution < -0.4 is 15.0 Å². The SMILES string of the molecule is COc1ccccc1N1C(=S)N[C@@H](c2ccccn2)[C@@H]1c1ccc(C)[nH]1. The molecule has 0 saturated carbocycles. The molecule has 2 aromatic heterocycles. The number of anilines is 1. The molecule has 1 aliphatic rings. The Hall–Kier alpha value is -2.86. The highest BCUT2D eigenvalue weighted by molar-refractivity contribution is 7.80. The van der Waals surface area contributed by atoms with E-state index < -0.39 is 0 Å². The van der Waals surface area contributed by atoms with E-state index in [1.54, 1.807) is 7.11 Å². The lowest BCUT2D eigenvalue weighted by Gasteiger charge is -2.28. The first-order valence-electron chi connectivity index (χ1n) is 8.48. The summed E-state index contributed by atoms with van der Waals surface area (Å²) in [6.07, 6.45) is 1.81. The van der Waals surface area contributed by atoms with Gasteiger partial charge < -0.3 is 19.9 Å². The van der Waals surface area contributed by atoms with Gasteiger partial charge in [-0.2, -0.15) is 0 Å². The summed E-state index contributed by atoms with van der Waals surface area (Å²) in [6.45, 7) is 2.05. The number of ether oxygens (including phenoxy) is 1. The van der Waals surface area contributed by atoms with Crippen molar-refractivity contribution in [2.45, 2.75) is 19.0 Å². The molecule has 3 aromatic rings. The van der Waals surface area contributed by atoms with Crippen LogP contribution in [0.15, 0.2) is 60.8 Å². The zero-order valence-electron chi connectivity index (χ0n) is 14.6. The van der Waals surface area contributed by atoms with Crippen LogP contribution in [-0.2, 0) is 0 Å². The van der Waals surface area contributed by atoms with Gasteiger partial charge in [0.2, 0.25) is 0 Å². The summed E-state index contributed by atoms with van der Waals surface area (Å²) in [7, 11) is 1.68. The van der Waals surface area contributed by atoms with Crippen LogP contribution in [-0.4, -0.2) is 22.2 Å². The number of hydrogen-bond acceptors (Lipinski definition) is 3. The number of H-pyrrole nitrogens is 1. The summed E-state index contributed by atoms with van der Waals surface area (Å²) >= 11 is 5.71. The minimum absolute atomic E-state index is 0.0533. The topological polar surface area (TPSA) is 53.2 Å². The minimum Gasteiger partial charge on any atom is -0.495 e. The molecule has 6 heteroatoms. The normalized spacial score (nSPS) is 19.5. The van der Waals surface area contributed by atoms with Crippen molar-refractivity contribution in [2.75, 3.05) is 12.0 Å². The third-order valence-electron chi connectivity index (χ3n) is 4.62. The van der Waals surface area contributed by atoms with Gasteiger partial charge in [0, 0.05) is 17.6 Å². The molecule has 0 bridgehead atoms. The van der Waals surface area contributed by atoms with E-state index in [-0.39, 0.29) is 12.1 Å². The molecule has 3 heterocycles. The molecule has 2 atom stereocenters. The summed E-state index contributed by atoms with van der Waals surface area (Å²) < 4.78 is 5.58. The summed E-state index contributed by atoms with van der Waals surface area (Å²) in [4.78, 5) is 10.1. The van der Waals surface area contributed by atoms with Crippen molar-refractivity contribution in [2.24, 2.45) is 0 Å². The van der Waals surface area contributed by atoms with E-state index in [0.717, 1.165) is 28.5 Å². The van der Waals surface area contributed by atoms with E-state index in [9.17, 15) is 0 Å². The molecule has 0 radical (unpaired) electrons. The Morgan fingerprint density at radius 2 is 1.88 bits per heavy atom. The molecule has 1 aromatic carbocycles. The molecule has 1 saturated heterocycles. The molecular weight excluding hydrogens is 344 g/mol. The number of rotatable bonds is 4. The lowest BCUT2D eigenvalue weighted by molar-refractivity contribution is 0.414. The maximum Gasteiger partial charge on any atom is 0.174 e. The number of pyridine rings is 1. The molecule has 132 valence electrons. The van der Waals surface area contributed by atoms with Gasteiger partial charge in [0.15, 0.2) is 5.11 Å². The first-order chi connectivity index (χ1) is 12.7.